The van der Waals surface area contributed by atoms with Gasteiger partial charge in [-0.05, 0) is 17.7 Å². The van der Waals surface area contributed by atoms with Crippen LogP contribution in [0.15, 0.2) is 48.5 Å². The molecule has 2 aromatic carbocycles. The Labute approximate surface area is 105 Å². The first kappa shape index (κ1) is 10.8. The van der Waals surface area contributed by atoms with Gasteiger partial charge >= 0.3 is 0 Å². The van der Waals surface area contributed by atoms with Gasteiger partial charge in [0.05, 0.1) is 11.5 Å². The van der Waals surface area contributed by atoms with Crippen LogP contribution in [0.4, 0.5) is 0 Å². The fraction of sp³-hybridized carbons (Fsp3) is 0.133. The fourth-order valence-electron chi connectivity index (χ4n) is 2.20. The topological polar surface area (TPSA) is 46.5 Å². The molecule has 3 heteroatoms. The molecule has 2 aromatic rings. The highest BCUT2D eigenvalue weighted by Crippen LogP contribution is 2.34. The third-order valence-electron chi connectivity index (χ3n) is 3.15. The Kier molecular flexibility index (Phi) is 2.52. The van der Waals surface area contributed by atoms with Gasteiger partial charge in [0.1, 0.15) is 18.1 Å². The van der Waals surface area contributed by atoms with E-state index in [9.17, 15) is 9.90 Å². The van der Waals surface area contributed by atoms with E-state index in [2.05, 4.69) is 0 Å². The van der Waals surface area contributed by atoms with Crippen LogP contribution in [-0.2, 0) is 0 Å². The number of fused-ring (bicyclic) bond motifs is 1. The minimum atomic E-state index is -0.261. The van der Waals surface area contributed by atoms with E-state index in [1.54, 1.807) is 6.07 Å². The highest BCUT2D eigenvalue weighted by molar-refractivity contribution is 6.04. The van der Waals surface area contributed by atoms with Gasteiger partial charge < -0.3 is 9.84 Å². The largest absolute Gasteiger partial charge is 0.508 e. The number of phenolic OH excluding ortho intramolecular Hbond substituents is 1. The molecular weight excluding hydrogens is 228 g/mol. The molecule has 90 valence electrons. The Morgan fingerprint density at radius 1 is 1.11 bits per heavy atom. The third-order valence-corrected chi connectivity index (χ3v) is 3.15. The van der Waals surface area contributed by atoms with Crippen LogP contribution in [0.25, 0.3) is 0 Å². The van der Waals surface area contributed by atoms with Gasteiger partial charge in [-0.2, -0.15) is 0 Å². The molecule has 0 bridgehead atoms. The Bertz CT molecular complexity index is 590. The second kappa shape index (κ2) is 4.18. The van der Waals surface area contributed by atoms with E-state index in [4.69, 9.17) is 4.74 Å². The van der Waals surface area contributed by atoms with E-state index in [1.807, 2.05) is 30.3 Å². The lowest BCUT2D eigenvalue weighted by Gasteiger charge is -2.24. The van der Waals surface area contributed by atoms with Gasteiger partial charge in [-0.3, -0.25) is 4.79 Å². The quantitative estimate of drug-likeness (QED) is 0.833. The molecule has 3 rings (SSSR count). The van der Waals surface area contributed by atoms with Crippen molar-refractivity contribution in [3.8, 4) is 11.5 Å². The number of hydrogen-bond donors (Lipinski definition) is 1. The summed E-state index contributed by atoms with van der Waals surface area (Å²) in [5, 5.41) is 9.37. The monoisotopic (exact) mass is 240 g/mol. The Balaban J connectivity index is 2.00. The molecule has 0 aliphatic carbocycles. The molecule has 0 radical (unpaired) electrons. The van der Waals surface area contributed by atoms with Crippen molar-refractivity contribution in [1.82, 2.24) is 0 Å². The molecule has 1 N–H and O–H groups in total. The Hall–Kier alpha value is -2.29. The van der Waals surface area contributed by atoms with E-state index >= 15 is 0 Å². The molecule has 1 heterocycles. The lowest BCUT2D eigenvalue weighted by atomic mass is 9.89. The van der Waals surface area contributed by atoms with Gasteiger partial charge in [0.25, 0.3) is 0 Å². The number of rotatable bonds is 1. The first-order valence-electron chi connectivity index (χ1n) is 5.80. The normalized spacial score (nSPS) is 18.0. The molecule has 0 aromatic heterocycles. The first-order valence-corrected chi connectivity index (χ1v) is 5.80. The maximum absolute atomic E-state index is 12.4. The summed E-state index contributed by atoms with van der Waals surface area (Å²) >= 11 is 0. The predicted molar refractivity (Wildman–Crippen MR) is 67.1 cm³/mol. The zero-order valence-corrected chi connectivity index (χ0v) is 9.67. The number of carbonyl (C=O) groups excluding carboxylic acids is 1. The lowest BCUT2D eigenvalue weighted by Crippen LogP contribution is -2.25. The van der Waals surface area contributed by atoms with Crippen LogP contribution >= 0.6 is 0 Å². The van der Waals surface area contributed by atoms with Crippen molar-refractivity contribution in [3.05, 3.63) is 59.7 Å². The molecule has 0 spiro atoms. The number of phenols is 1. The number of aromatic hydroxyl groups is 1. The summed E-state index contributed by atoms with van der Waals surface area (Å²) < 4.78 is 5.56. The predicted octanol–water partition coefficient (Wildman–Crippen LogP) is 2.75. The van der Waals surface area contributed by atoms with Gasteiger partial charge in [0.15, 0.2) is 5.78 Å². The van der Waals surface area contributed by atoms with Crippen molar-refractivity contribution in [2.24, 2.45) is 0 Å². The minimum absolute atomic E-state index is 0.0439. The number of hydrogen-bond acceptors (Lipinski definition) is 3. The summed E-state index contributed by atoms with van der Waals surface area (Å²) in [7, 11) is 0. The third kappa shape index (κ3) is 1.74. The molecular formula is C15H12O3. The van der Waals surface area contributed by atoms with Crippen LogP contribution in [0.5, 0.6) is 11.5 Å². The van der Waals surface area contributed by atoms with Crippen molar-refractivity contribution in [3.63, 3.8) is 0 Å². The summed E-state index contributed by atoms with van der Waals surface area (Å²) in [6.07, 6.45) is 0. The van der Waals surface area contributed by atoms with Crippen molar-refractivity contribution in [1.29, 1.82) is 0 Å². The van der Waals surface area contributed by atoms with Gasteiger partial charge in [0.2, 0.25) is 0 Å². The zero-order chi connectivity index (χ0) is 12.5. The lowest BCUT2D eigenvalue weighted by molar-refractivity contribution is 0.0896. The van der Waals surface area contributed by atoms with Crippen LogP contribution in [0.3, 0.4) is 0 Å². The van der Waals surface area contributed by atoms with Crippen molar-refractivity contribution in [2.45, 2.75) is 5.92 Å². The molecule has 18 heavy (non-hydrogen) atoms. The van der Waals surface area contributed by atoms with Crippen LogP contribution in [0.2, 0.25) is 0 Å². The van der Waals surface area contributed by atoms with Crippen LogP contribution < -0.4 is 4.74 Å². The van der Waals surface area contributed by atoms with E-state index in [0.29, 0.717) is 17.9 Å². The number of ketones is 1. The molecule has 0 fully saturated rings. The average Bonchev–Trinajstić information content (AvgIpc) is 2.40. The number of ether oxygens (including phenoxy) is 1. The molecule has 0 amide bonds. The van der Waals surface area contributed by atoms with Gasteiger partial charge in [-0.15, -0.1) is 0 Å². The zero-order valence-electron chi connectivity index (χ0n) is 9.67. The molecule has 3 nitrogen and oxygen atoms in total. The van der Waals surface area contributed by atoms with Gasteiger partial charge in [-0.25, -0.2) is 0 Å². The summed E-state index contributed by atoms with van der Waals surface area (Å²) in [5.41, 5.74) is 1.49. The van der Waals surface area contributed by atoms with Crippen molar-refractivity contribution in [2.75, 3.05) is 6.61 Å². The van der Waals surface area contributed by atoms with Crippen LogP contribution in [0, 0.1) is 0 Å². The molecule has 1 aliphatic rings. The van der Waals surface area contributed by atoms with E-state index in [1.165, 1.54) is 12.1 Å². The second-order valence-corrected chi connectivity index (χ2v) is 4.32. The van der Waals surface area contributed by atoms with E-state index in [-0.39, 0.29) is 17.5 Å². The number of Topliss-reactive ketones (excluding diaryl/α,β-unsaturated/α-hetero) is 1. The Morgan fingerprint density at radius 2 is 1.89 bits per heavy atom. The van der Waals surface area contributed by atoms with E-state index in [0.717, 1.165) is 5.56 Å². The molecule has 0 saturated heterocycles. The summed E-state index contributed by atoms with van der Waals surface area (Å²) in [6, 6.07) is 14.2. The summed E-state index contributed by atoms with van der Waals surface area (Å²) in [6.45, 7) is 0.319. The first-order chi connectivity index (χ1) is 8.75. The highest BCUT2D eigenvalue weighted by atomic mass is 16.5. The maximum atomic E-state index is 12.4. The molecule has 1 unspecified atom stereocenters. The van der Waals surface area contributed by atoms with Crippen molar-refractivity contribution >= 4 is 5.78 Å². The average molecular weight is 240 g/mol. The summed E-state index contributed by atoms with van der Waals surface area (Å²) in [5.74, 6) is 0.359. The van der Waals surface area contributed by atoms with Crippen molar-refractivity contribution < 1.29 is 14.6 Å². The smallest absolute Gasteiger partial charge is 0.177 e. The van der Waals surface area contributed by atoms with Crippen LogP contribution in [0.1, 0.15) is 21.8 Å². The SMILES string of the molecule is O=C1c2ccc(O)cc2OCC1c1ccccc1. The van der Waals surface area contributed by atoms with Crippen LogP contribution in [-0.4, -0.2) is 17.5 Å². The standard InChI is InChI=1S/C15H12O3/c16-11-6-7-12-14(8-11)18-9-13(15(12)17)10-4-2-1-3-5-10/h1-8,13,16H,9H2. The Morgan fingerprint density at radius 3 is 2.67 bits per heavy atom. The minimum Gasteiger partial charge on any atom is -0.508 e. The highest BCUT2D eigenvalue weighted by Gasteiger charge is 2.30. The second-order valence-electron chi connectivity index (χ2n) is 4.32. The fourth-order valence-corrected chi connectivity index (χ4v) is 2.20. The number of benzene rings is 2. The molecule has 1 atom stereocenters. The summed E-state index contributed by atoms with van der Waals surface area (Å²) in [4.78, 5) is 12.4. The van der Waals surface area contributed by atoms with E-state index < -0.39 is 0 Å². The van der Waals surface area contributed by atoms with Gasteiger partial charge in [-0.1, -0.05) is 30.3 Å². The molecule has 0 saturated carbocycles. The maximum Gasteiger partial charge on any atom is 0.177 e. The molecule has 1 aliphatic heterocycles. The number of carbonyl (C=O) groups is 1. The van der Waals surface area contributed by atoms with Gasteiger partial charge in [0, 0.05) is 6.07 Å².